The first-order chi connectivity index (χ1) is 16.8. The molecule has 1 heterocycles. The number of nitrogens with one attached hydrogen (secondary N) is 2. The Morgan fingerprint density at radius 2 is 1.94 bits per heavy atom. The molecule has 0 aromatic heterocycles. The third-order valence-corrected chi connectivity index (χ3v) is 7.10. The predicted molar refractivity (Wildman–Crippen MR) is 131 cm³/mol. The van der Waals surface area contributed by atoms with Crippen LogP contribution in [-0.2, 0) is 40.2 Å². The van der Waals surface area contributed by atoms with E-state index in [9.17, 15) is 18.0 Å². The number of ether oxygens (including phenoxy) is 3. The average Bonchev–Trinajstić information content (AvgIpc) is 2.86. The molecule has 11 heteroatoms. The lowest BCUT2D eigenvalue weighted by atomic mass is 10.1. The van der Waals surface area contributed by atoms with Crippen molar-refractivity contribution >= 4 is 39.2 Å². The zero-order valence-electron chi connectivity index (χ0n) is 19.4. The molecule has 2 unspecified atom stereocenters. The lowest BCUT2D eigenvalue weighted by Crippen LogP contribution is -2.47. The minimum absolute atomic E-state index is 0.0292. The maximum atomic E-state index is 13.1. The van der Waals surface area contributed by atoms with E-state index in [2.05, 4.69) is 14.8 Å². The standard InChI is InChI=1S/C24H29ClN2O7S/c1-32-22(28)13-8-17-5-4-6-19(15-17)26-24(29)21(16-34-23-7-2-3-14-33-23)27-35(30,31)20-11-9-18(25)10-12-20/h4-6,9-12,15,21,23,27H,2-3,7-8,13-14,16H2,1H3,(H,26,29). The lowest BCUT2D eigenvalue weighted by molar-refractivity contribution is -0.166. The van der Waals surface area contributed by atoms with Gasteiger partial charge in [0.05, 0.1) is 18.6 Å². The number of sulfonamides is 1. The molecule has 190 valence electrons. The van der Waals surface area contributed by atoms with E-state index in [-0.39, 0.29) is 23.9 Å². The second-order valence-electron chi connectivity index (χ2n) is 8.02. The summed E-state index contributed by atoms with van der Waals surface area (Å²) >= 11 is 5.87. The number of halogens is 1. The Bertz CT molecular complexity index is 1100. The third-order valence-electron chi connectivity index (χ3n) is 5.36. The maximum Gasteiger partial charge on any atom is 0.305 e. The first-order valence-corrected chi connectivity index (χ1v) is 13.1. The zero-order chi connectivity index (χ0) is 25.3. The van der Waals surface area contributed by atoms with E-state index >= 15 is 0 Å². The van der Waals surface area contributed by atoms with Crippen LogP contribution in [0.1, 0.15) is 31.2 Å². The van der Waals surface area contributed by atoms with Crippen molar-refractivity contribution in [3.8, 4) is 0 Å². The van der Waals surface area contributed by atoms with Gasteiger partial charge in [-0.3, -0.25) is 9.59 Å². The molecule has 1 saturated heterocycles. The Morgan fingerprint density at radius 3 is 2.63 bits per heavy atom. The minimum Gasteiger partial charge on any atom is -0.469 e. The predicted octanol–water partition coefficient (Wildman–Crippen LogP) is 3.27. The number of methoxy groups -OCH3 is 1. The fourth-order valence-corrected chi connectivity index (χ4v) is 4.77. The number of amides is 1. The Balaban J connectivity index is 1.72. The number of carbonyl (C=O) groups excluding carboxylic acids is 2. The van der Waals surface area contributed by atoms with Crippen molar-refractivity contribution in [2.75, 3.05) is 25.6 Å². The van der Waals surface area contributed by atoms with Gasteiger partial charge in [0.2, 0.25) is 15.9 Å². The van der Waals surface area contributed by atoms with Gasteiger partial charge < -0.3 is 19.5 Å². The van der Waals surface area contributed by atoms with Gasteiger partial charge in [-0.05, 0) is 67.6 Å². The van der Waals surface area contributed by atoms with Crippen molar-refractivity contribution in [1.82, 2.24) is 4.72 Å². The number of aryl methyl sites for hydroxylation is 1. The van der Waals surface area contributed by atoms with Crippen molar-refractivity contribution in [2.45, 2.75) is 49.3 Å². The summed E-state index contributed by atoms with van der Waals surface area (Å²) < 4.78 is 44.2. The molecule has 1 aliphatic heterocycles. The summed E-state index contributed by atoms with van der Waals surface area (Å²) in [6, 6.07) is 11.4. The molecule has 0 radical (unpaired) electrons. The van der Waals surface area contributed by atoms with Crippen LogP contribution < -0.4 is 10.0 Å². The molecule has 0 saturated carbocycles. The molecule has 1 fully saturated rings. The number of esters is 1. The molecule has 2 N–H and O–H groups in total. The number of hydrogen-bond acceptors (Lipinski definition) is 7. The zero-order valence-corrected chi connectivity index (χ0v) is 20.9. The number of carbonyl (C=O) groups is 2. The van der Waals surface area contributed by atoms with E-state index in [1.807, 2.05) is 6.07 Å². The van der Waals surface area contributed by atoms with Crippen LogP contribution in [0.2, 0.25) is 5.02 Å². The second-order valence-corrected chi connectivity index (χ2v) is 10.2. The van der Waals surface area contributed by atoms with Gasteiger partial charge in [0, 0.05) is 23.7 Å². The Kier molecular flexibility index (Phi) is 10.1. The van der Waals surface area contributed by atoms with Crippen LogP contribution in [0.5, 0.6) is 0 Å². The van der Waals surface area contributed by atoms with Gasteiger partial charge >= 0.3 is 5.97 Å². The van der Waals surface area contributed by atoms with Crippen LogP contribution in [0.4, 0.5) is 5.69 Å². The van der Waals surface area contributed by atoms with Crippen molar-refractivity contribution in [2.24, 2.45) is 0 Å². The normalized spacial score (nSPS) is 16.9. The monoisotopic (exact) mass is 524 g/mol. The number of anilines is 1. The van der Waals surface area contributed by atoms with Gasteiger partial charge in [0.25, 0.3) is 0 Å². The summed E-state index contributed by atoms with van der Waals surface area (Å²) in [7, 11) is -2.71. The average molecular weight is 525 g/mol. The summed E-state index contributed by atoms with van der Waals surface area (Å²) in [5.41, 5.74) is 1.28. The minimum atomic E-state index is -4.04. The van der Waals surface area contributed by atoms with E-state index < -0.39 is 28.3 Å². The van der Waals surface area contributed by atoms with Gasteiger partial charge in [-0.25, -0.2) is 8.42 Å². The Hall–Kier alpha value is -2.50. The van der Waals surface area contributed by atoms with Crippen LogP contribution in [0, 0.1) is 0 Å². The van der Waals surface area contributed by atoms with Gasteiger partial charge in [0.15, 0.2) is 6.29 Å². The van der Waals surface area contributed by atoms with Crippen LogP contribution in [0.15, 0.2) is 53.4 Å². The molecule has 0 aliphatic carbocycles. The van der Waals surface area contributed by atoms with Gasteiger partial charge in [-0.1, -0.05) is 23.7 Å². The highest BCUT2D eigenvalue weighted by Crippen LogP contribution is 2.18. The maximum absolute atomic E-state index is 13.1. The highest BCUT2D eigenvalue weighted by atomic mass is 35.5. The number of benzene rings is 2. The largest absolute Gasteiger partial charge is 0.469 e. The molecule has 1 amide bonds. The van der Waals surface area contributed by atoms with Crippen LogP contribution >= 0.6 is 11.6 Å². The Morgan fingerprint density at radius 1 is 1.17 bits per heavy atom. The summed E-state index contributed by atoms with van der Waals surface area (Å²) in [5.74, 6) is -0.929. The van der Waals surface area contributed by atoms with Crippen molar-refractivity contribution in [3.05, 3.63) is 59.1 Å². The van der Waals surface area contributed by atoms with E-state index in [1.54, 1.807) is 18.2 Å². The van der Waals surface area contributed by atoms with Crippen LogP contribution in [-0.4, -0.2) is 52.9 Å². The molecule has 2 aromatic carbocycles. The van der Waals surface area contributed by atoms with E-state index in [4.69, 9.17) is 21.1 Å². The first kappa shape index (κ1) is 27.1. The SMILES string of the molecule is COC(=O)CCc1cccc(NC(=O)C(COC2CCCCO2)NS(=O)(=O)c2ccc(Cl)cc2)c1. The quantitative estimate of drug-likeness (QED) is 0.433. The summed E-state index contributed by atoms with van der Waals surface area (Å²) in [4.78, 5) is 24.5. The smallest absolute Gasteiger partial charge is 0.305 e. The summed E-state index contributed by atoms with van der Waals surface area (Å²) in [6.45, 7) is 0.335. The molecule has 35 heavy (non-hydrogen) atoms. The number of rotatable bonds is 11. The molecule has 2 atom stereocenters. The van der Waals surface area contributed by atoms with Gasteiger partial charge in [-0.2, -0.15) is 4.72 Å². The molecular formula is C24H29ClN2O7S. The molecule has 0 bridgehead atoms. The third kappa shape index (κ3) is 8.59. The van der Waals surface area contributed by atoms with Crippen LogP contribution in [0.3, 0.4) is 0 Å². The van der Waals surface area contributed by atoms with E-state index in [0.29, 0.717) is 30.2 Å². The van der Waals surface area contributed by atoms with E-state index in [1.165, 1.54) is 31.4 Å². The summed E-state index contributed by atoms with van der Waals surface area (Å²) in [6.07, 6.45) is 2.66. The first-order valence-electron chi connectivity index (χ1n) is 11.2. The molecule has 1 aliphatic rings. The van der Waals surface area contributed by atoms with Crippen molar-refractivity contribution < 1.29 is 32.2 Å². The molecule has 2 aromatic rings. The van der Waals surface area contributed by atoms with Crippen molar-refractivity contribution in [1.29, 1.82) is 0 Å². The molecule has 3 rings (SSSR count). The summed E-state index contributed by atoms with van der Waals surface area (Å²) in [5, 5.41) is 3.12. The van der Waals surface area contributed by atoms with Gasteiger partial charge in [0.1, 0.15) is 6.04 Å². The van der Waals surface area contributed by atoms with Crippen LogP contribution in [0.25, 0.3) is 0 Å². The van der Waals surface area contributed by atoms with Crippen molar-refractivity contribution in [3.63, 3.8) is 0 Å². The Labute approximate surface area is 210 Å². The molecular weight excluding hydrogens is 496 g/mol. The number of hydrogen-bond donors (Lipinski definition) is 2. The van der Waals surface area contributed by atoms with E-state index in [0.717, 1.165) is 18.4 Å². The fourth-order valence-electron chi connectivity index (χ4n) is 3.46. The molecule has 0 spiro atoms. The lowest BCUT2D eigenvalue weighted by Gasteiger charge is -2.25. The highest BCUT2D eigenvalue weighted by molar-refractivity contribution is 7.89. The topological polar surface area (TPSA) is 120 Å². The second kappa shape index (κ2) is 13.0. The fraction of sp³-hybridized carbons (Fsp3) is 0.417. The molecule has 9 nitrogen and oxygen atoms in total. The highest BCUT2D eigenvalue weighted by Gasteiger charge is 2.28. The van der Waals surface area contributed by atoms with Gasteiger partial charge in [-0.15, -0.1) is 0 Å².